The lowest BCUT2D eigenvalue weighted by Gasteiger charge is -2.24. The Balaban J connectivity index is 2.46. The van der Waals surface area contributed by atoms with Crippen LogP contribution in [0.1, 0.15) is 40.0 Å². The molecule has 0 amide bonds. The van der Waals surface area contributed by atoms with Crippen molar-refractivity contribution in [1.29, 1.82) is 0 Å². The Hall–Kier alpha value is -0.820. The van der Waals surface area contributed by atoms with E-state index in [9.17, 15) is 8.42 Å². The number of nitrogens with zero attached hydrogens (tertiary/aromatic N) is 2. The molecule has 7 heteroatoms. The third kappa shape index (κ3) is 7.98. The van der Waals surface area contributed by atoms with Crippen LogP contribution in [0.15, 0.2) is 4.99 Å². The third-order valence-corrected chi connectivity index (χ3v) is 4.96. The highest BCUT2D eigenvalue weighted by Crippen LogP contribution is 2.26. The number of aliphatic imine (C=N–C) groups is 1. The Labute approximate surface area is 135 Å². The molecule has 2 N–H and O–H groups in total. The van der Waals surface area contributed by atoms with Gasteiger partial charge in [-0.3, -0.25) is 9.89 Å². The summed E-state index contributed by atoms with van der Waals surface area (Å²) in [6.07, 6.45) is 4.45. The van der Waals surface area contributed by atoms with Gasteiger partial charge in [0.2, 0.25) is 0 Å². The highest BCUT2D eigenvalue weighted by molar-refractivity contribution is 7.90. The second-order valence-electron chi connectivity index (χ2n) is 6.43. The van der Waals surface area contributed by atoms with E-state index in [1.165, 1.54) is 19.1 Å². The number of sulfone groups is 1. The topological polar surface area (TPSA) is 73.8 Å². The molecule has 0 aromatic rings. The molecule has 130 valence electrons. The van der Waals surface area contributed by atoms with Crippen LogP contribution in [0.5, 0.6) is 0 Å². The van der Waals surface area contributed by atoms with Gasteiger partial charge in [-0.2, -0.15) is 0 Å². The second-order valence-corrected chi connectivity index (χ2v) is 8.69. The molecule has 0 radical (unpaired) electrons. The smallest absolute Gasteiger partial charge is 0.191 e. The van der Waals surface area contributed by atoms with Crippen LogP contribution in [0.3, 0.4) is 0 Å². The summed E-state index contributed by atoms with van der Waals surface area (Å²) in [5.74, 6) is 0.959. The number of nitrogens with one attached hydrogen (secondary N) is 2. The standard InChI is InChI=1S/C15H32N4O2S/c1-6-16-15(18-12(2)9-10-22(5,20)21)17-11-13(3)19(4)14-7-8-14/h12-14H,6-11H2,1-5H3,(H2,16,17,18). The molecule has 1 aliphatic rings. The molecule has 0 aromatic heterocycles. The molecule has 22 heavy (non-hydrogen) atoms. The summed E-state index contributed by atoms with van der Waals surface area (Å²) in [6, 6.07) is 1.22. The lowest BCUT2D eigenvalue weighted by molar-refractivity contribution is 0.253. The van der Waals surface area contributed by atoms with Crippen LogP contribution in [0.25, 0.3) is 0 Å². The minimum Gasteiger partial charge on any atom is -0.357 e. The molecule has 1 fully saturated rings. The second kappa shape index (κ2) is 8.72. The first-order valence-electron chi connectivity index (χ1n) is 8.17. The zero-order chi connectivity index (χ0) is 16.8. The minimum absolute atomic E-state index is 0.0731. The van der Waals surface area contributed by atoms with E-state index in [2.05, 4.69) is 34.5 Å². The molecule has 6 nitrogen and oxygen atoms in total. The molecule has 1 saturated carbocycles. The number of hydrogen-bond donors (Lipinski definition) is 2. The molecule has 0 aliphatic heterocycles. The van der Waals surface area contributed by atoms with Gasteiger partial charge < -0.3 is 10.6 Å². The summed E-state index contributed by atoms with van der Waals surface area (Å²) in [5.41, 5.74) is 0. The maximum absolute atomic E-state index is 11.2. The first kappa shape index (κ1) is 19.2. The minimum atomic E-state index is -2.91. The fourth-order valence-corrected chi connectivity index (χ4v) is 2.99. The van der Waals surface area contributed by atoms with Crippen molar-refractivity contribution in [3.05, 3.63) is 0 Å². The van der Waals surface area contributed by atoms with E-state index in [0.29, 0.717) is 12.5 Å². The SMILES string of the molecule is CCNC(=NCC(C)N(C)C1CC1)NC(C)CCS(C)(=O)=O. The van der Waals surface area contributed by atoms with Crippen LogP contribution in [0.2, 0.25) is 0 Å². The highest BCUT2D eigenvalue weighted by Gasteiger charge is 2.28. The Kier molecular flexibility index (Phi) is 7.62. The number of rotatable bonds is 9. The average molecular weight is 333 g/mol. The summed E-state index contributed by atoms with van der Waals surface area (Å²) in [6.45, 7) is 7.73. The highest BCUT2D eigenvalue weighted by atomic mass is 32.2. The van der Waals surface area contributed by atoms with E-state index < -0.39 is 9.84 Å². The van der Waals surface area contributed by atoms with Crippen molar-refractivity contribution in [2.24, 2.45) is 4.99 Å². The van der Waals surface area contributed by atoms with Gasteiger partial charge in [0.25, 0.3) is 0 Å². The van der Waals surface area contributed by atoms with Gasteiger partial charge in [0.1, 0.15) is 9.84 Å². The van der Waals surface area contributed by atoms with Crippen molar-refractivity contribution in [1.82, 2.24) is 15.5 Å². The molecule has 2 atom stereocenters. The van der Waals surface area contributed by atoms with Crippen molar-refractivity contribution < 1.29 is 8.42 Å². The molecule has 0 spiro atoms. The number of likely N-dealkylation sites (N-methyl/N-ethyl adjacent to an activating group) is 1. The van der Waals surface area contributed by atoms with Crippen LogP contribution < -0.4 is 10.6 Å². The van der Waals surface area contributed by atoms with Crippen molar-refractivity contribution in [2.45, 2.75) is 58.2 Å². The lowest BCUT2D eigenvalue weighted by atomic mass is 10.2. The van der Waals surface area contributed by atoms with E-state index in [4.69, 9.17) is 0 Å². The molecule has 1 aliphatic carbocycles. The van der Waals surface area contributed by atoms with E-state index in [0.717, 1.165) is 25.1 Å². The van der Waals surface area contributed by atoms with Crippen LogP contribution in [-0.4, -0.2) is 69.5 Å². The van der Waals surface area contributed by atoms with E-state index in [1.807, 2.05) is 13.8 Å². The normalized spacial score (nSPS) is 19.1. The molecule has 0 heterocycles. The van der Waals surface area contributed by atoms with Gasteiger partial charge >= 0.3 is 0 Å². The lowest BCUT2D eigenvalue weighted by Crippen LogP contribution is -2.44. The van der Waals surface area contributed by atoms with E-state index in [1.54, 1.807) is 0 Å². The Morgan fingerprint density at radius 3 is 2.50 bits per heavy atom. The Morgan fingerprint density at radius 2 is 2.00 bits per heavy atom. The molecule has 1 rings (SSSR count). The molecular weight excluding hydrogens is 300 g/mol. The van der Waals surface area contributed by atoms with Crippen LogP contribution in [-0.2, 0) is 9.84 Å². The summed E-state index contributed by atoms with van der Waals surface area (Å²) >= 11 is 0. The van der Waals surface area contributed by atoms with Crippen LogP contribution in [0, 0.1) is 0 Å². The van der Waals surface area contributed by atoms with Gasteiger partial charge in [-0.05, 0) is 47.1 Å². The predicted molar refractivity (Wildman–Crippen MR) is 93.2 cm³/mol. The fourth-order valence-electron chi connectivity index (χ4n) is 2.21. The largest absolute Gasteiger partial charge is 0.357 e. The first-order valence-corrected chi connectivity index (χ1v) is 10.2. The van der Waals surface area contributed by atoms with Crippen molar-refractivity contribution in [3.63, 3.8) is 0 Å². The van der Waals surface area contributed by atoms with Crippen LogP contribution >= 0.6 is 0 Å². The van der Waals surface area contributed by atoms with Crippen molar-refractivity contribution in [2.75, 3.05) is 32.1 Å². The maximum Gasteiger partial charge on any atom is 0.191 e. The van der Waals surface area contributed by atoms with Crippen molar-refractivity contribution >= 4 is 15.8 Å². The molecular formula is C15H32N4O2S. The summed E-state index contributed by atoms with van der Waals surface area (Å²) in [5, 5.41) is 6.51. The van der Waals surface area contributed by atoms with Gasteiger partial charge in [-0.15, -0.1) is 0 Å². The zero-order valence-corrected chi connectivity index (χ0v) is 15.4. The van der Waals surface area contributed by atoms with Gasteiger partial charge in [-0.1, -0.05) is 0 Å². The summed E-state index contributed by atoms with van der Waals surface area (Å²) < 4.78 is 22.5. The van der Waals surface area contributed by atoms with Crippen LogP contribution in [0.4, 0.5) is 0 Å². The fraction of sp³-hybridized carbons (Fsp3) is 0.933. The zero-order valence-electron chi connectivity index (χ0n) is 14.6. The van der Waals surface area contributed by atoms with Crippen molar-refractivity contribution in [3.8, 4) is 0 Å². The molecule has 0 aromatic carbocycles. The quantitative estimate of drug-likeness (QED) is 0.484. The third-order valence-electron chi connectivity index (χ3n) is 3.98. The van der Waals surface area contributed by atoms with E-state index >= 15 is 0 Å². The average Bonchev–Trinajstić information content (AvgIpc) is 3.25. The summed E-state index contributed by atoms with van der Waals surface area (Å²) in [4.78, 5) is 7.02. The van der Waals surface area contributed by atoms with Gasteiger partial charge in [0.15, 0.2) is 5.96 Å². The molecule has 2 unspecified atom stereocenters. The Morgan fingerprint density at radius 1 is 1.36 bits per heavy atom. The monoisotopic (exact) mass is 332 g/mol. The maximum atomic E-state index is 11.2. The Bertz CT molecular complexity index is 460. The first-order chi connectivity index (χ1) is 10.2. The number of guanidine groups is 1. The molecule has 0 saturated heterocycles. The van der Waals surface area contributed by atoms with E-state index in [-0.39, 0.29) is 11.8 Å². The summed E-state index contributed by atoms with van der Waals surface area (Å²) in [7, 11) is -0.754. The van der Waals surface area contributed by atoms with Gasteiger partial charge in [0.05, 0.1) is 12.3 Å². The van der Waals surface area contributed by atoms with Gasteiger partial charge in [-0.25, -0.2) is 8.42 Å². The predicted octanol–water partition coefficient (Wildman–Crippen LogP) is 0.847. The number of hydrogen-bond acceptors (Lipinski definition) is 4. The molecule has 0 bridgehead atoms. The van der Waals surface area contributed by atoms with Gasteiger partial charge in [0, 0.05) is 30.9 Å².